The molecule has 1 amide bonds. The smallest absolute Gasteiger partial charge is 0.328 e. The van der Waals surface area contributed by atoms with Gasteiger partial charge in [0.1, 0.15) is 6.04 Å². The molecular formula is C24H26N2O3. The molecule has 0 saturated heterocycles. The van der Waals surface area contributed by atoms with Crippen LogP contribution in [0, 0.1) is 0 Å². The number of hydrogen-bond donors (Lipinski definition) is 1. The average Bonchev–Trinajstić information content (AvgIpc) is 3.10. The molecular weight excluding hydrogens is 364 g/mol. The van der Waals surface area contributed by atoms with Gasteiger partial charge >= 0.3 is 5.97 Å². The lowest BCUT2D eigenvalue weighted by molar-refractivity contribution is -0.154. The van der Waals surface area contributed by atoms with E-state index in [2.05, 4.69) is 49.2 Å². The highest BCUT2D eigenvalue weighted by Gasteiger charge is 2.42. The number of hydrogen-bond acceptors (Lipinski definition) is 3. The van der Waals surface area contributed by atoms with Crippen molar-refractivity contribution in [3.63, 3.8) is 0 Å². The average molecular weight is 390 g/mol. The number of rotatable bonds is 3. The van der Waals surface area contributed by atoms with E-state index in [0.717, 1.165) is 27.7 Å². The summed E-state index contributed by atoms with van der Waals surface area (Å²) < 4.78 is 5.07. The van der Waals surface area contributed by atoms with E-state index in [1.807, 2.05) is 18.2 Å². The van der Waals surface area contributed by atoms with E-state index in [0.29, 0.717) is 12.3 Å². The van der Waals surface area contributed by atoms with Crippen LogP contribution in [0.5, 0.6) is 0 Å². The number of carbonyl (C=O) groups excluding carboxylic acids is 2. The van der Waals surface area contributed by atoms with Crippen LogP contribution in [0.1, 0.15) is 55.1 Å². The van der Waals surface area contributed by atoms with Gasteiger partial charge in [0.2, 0.25) is 5.91 Å². The summed E-state index contributed by atoms with van der Waals surface area (Å²) in [5.74, 6) is -0.117. The number of ether oxygens (including phenoxy) is 1. The molecule has 2 atom stereocenters. The first-order valence-electron chi connectivity index (χ1n) is 9.98. The number of esters is 1. The van der Waals surface area contributed by atoms with E-state index in [4.69, 9.17) is 4.74 Å². The van der Waals surface area contributed by atoms with E-state index >= 15 is 0 Å². The highest BCUT2D eigenvalue weighted by molar-refractivity contribution is 5.90. The summed E-state index contributed by atoms with van der Waals surface area (Å²) in [4.78, 5) is 30.5. The standard InChI is InChI=1S/C24H26N2O3/c1-14(2)16-9-11-17(12-10-16)23-22-19(18-7-5-6-8-20(18)25-22)13-21(24(28)29-4)26(23)15(3)27/h5-12,14,21,23,25H,13H2,1-4H3. The fourth-order valence-corrected chi connectivity index (χ4v) is 4.41. The maximum atomic E-state index is 12.7. The molecule has 2 aromatic carbocycles. The Bertz CT molecular complexity index is 1070. The van der Waals surface area contributed by atoms with Gasteiger partial charge < -0.3 is 14.6 Å². The molecule has 150 valence electrons. The number of carbonyl (C=O) groups is 2. The third-order valence-corrected chi connectivity index (χ3v) is 5.89. The van der Waals surface area contributed by atoms with E-state index in [1.54, 1.807) is 4.90 Å². The molecule has 0 fully saturated rings. The monoisotopic (exact) mass is 390 g/mol. The van der Waals surface area contributed by atoms with Gasteiger partial charge in [0.05, 0.1) is 13.2 Å². The topological polar surface area (TPSA) is 62.4 Å². The van der Waals surface area contributed by atoms with Crippen molar-refractivity contribution >= 4 is 22.8 Å². The van der Waals surface area contributed by atoms with Crippen molar-refractivity contribution in [2.45, 2.75) is 45.2 Å². The summed E-state index contributed by atoms with van der Waals surface area (Å²) in [5.41, 5.74) is 5.27. The number of nitrogens with one attached hydrogen (secondary N) is 1. The molecule has 3 aromatic rings. The first kappa shape index (κ1) is 19.2. The van der Waals surface area contributed by atoms with Gasteiger partial charge in [0.15, 0.2) is 0 Å². The van der Waals surface area contributed by atoms with Crippen molar-refractivity contribution in [2.24, 2.45) is 0 Å². The van der Waals surface area contributed by atoms with Gasteiger partial charge in [-0.3, -0.25) is 4.79 Å². The Labute approximate surface area is 170 Å². The van der Waals surface area contributed by atoms with Gasteiger partial charge in [0, 0.05) is 29.9 Å². The molecule has 1 aromatic heterocycles. The van der Waals surface area contributed by atoms with Gasteiger partial charge in [-0.2, -0.15) is 0 Å². The van der Waals surface area contributed by atoms with Gasteiger partial charge in [0.25, 0.3) is 0 Å². The maximum absolute atomic E-state index is 12.7. The number of fused-ring (bicyclic) bond motifs is 3. The normalized spacial score (nSPS) is 18.7. The van der Waals surface area contributed by atoms with Gasteiger partial charge in [-0.1, -0.05) is 56.3 Å². The first-order chi connectivity index (χ1) is 13.9. The molecule has 0 saturated carbocycles. The SMILES string of the molecule is COC(=O)C1Cc2c([nH]c3ccccc23)C(c2ccc(C(C)C)cc2)N1C(C)=O. The minimum absolute atomic E-state index is 0.150. The number of methoxy groups -OCH3 is 1. The Kier molecular flexibility index (Phi) is 4.91. The van der Waals surface area contributed by atoms with Gasteiger partial charge in [-0.05, 0) is 28.7 Å². The summed E-state index contributed by atoms with van der Waals surface area (Å²) in [6.45, 7) is 5.82. The van der Waals surface area contributed by atoms with Crippen LogP contribution >= 0.6 is 0 Å². The minimum Gasteiger partial charge on any atom is -0.467 e. The van der Waals surface area contributed by atoms with E-state index in [9.17, 15) is 9.59 Å². The first-order valence-corrected chi connectivity index (χ1v) is 9.98. The summed E-state index contributed by atoms with van der Waals surface area (Å²) >= 11 is 0. The minimum atomic E-state index is -0.654. The molecule has 1 N–H and O–H groups in total. The number of para-hydroxylation sites is 1. The van der Waals surface area contributed by atoms with Crippen LogP contribution in [0.15, 0.2) is 48.5 Å². The molecule has 4 rings (SSSR count). The summed E-state index contributed by atoms with van der Waals surface area (Å²) in [6, 6.07) is 15.4. The van der Waals surface area contributed by atoms with E-state index in [1.165, 1.54) is 19.6 Å². The summed E-state index contributed by atoms with van der Waals surface area (Å²) in [7, 11) is 1.37. The van der Waals surface area contributed by atoms with Gasteiger partial charge in [-0.15, -0.1) is 0 Å². The molecule has 1 aliphatic heterocycles. The van der Waals surface area contributed by atoms with Crippen LogP contribution in [0.4, 0.5) is 0 Å². The van der Waals surface area contributed by atoms with Gasteiger partial charge in [-0.25, -0.2) is 4.79 Å². The molecule has 2 unspecified atom stereocenters. The second kappa shape index (κ2) is 7.39. The molecule has 5 nitrogen and oxygen atoms in total. The molecule has 0 aliphatic carbocycles. The molecule has 0 radical (unpaired) electrons. The predicted octanol–water partition coefficient (Wildman–Crippen LogP) is 4.33. The predicted molar refractivity (Wildman–Crippen MR) is 113 cm³/mol. The number of aromatic amines is 1. The Balaban J connectivity index is 1.93. The maximum Gasteiger partial charge on any atom is 0.328 e. The van der Waals surface area contributed by atoms with Crippen molar-refractivity contribution in [3.8, 4) is 0 Å². The largest absolute Gasteiger partial charge is 0.467 e. The zero-order valence-corrected chi connectivity index (χ0v) is 17.2. The zero-order valence-electron chi connectivity index (χ0n) is 17.2. The lowest BCUT2D eigenvalue weighted by Gasteiger charge is -2.40. The van der Waals surface area contributed by atoms with Crippen LogP contribution in [-0.4, -0.2) is 34.9 Å². The molecule has 0 bridgehead atoms. The van der Waals surface area contributed by atoms with Crippen LogP contribution in [0.25, 0.3) is 10.9 Å². The second-order valence-corrected chi connectivity index (χ2v) is 7.96. The lowest BCUT2D eigenvalue weighted by Crippen LogP contribution is -2.51. The third kappa shape index (κ3) is 3.20. The van der Waals surface area contributed by atoms with Crippen molar-refractivity contribution in [2.75, 3.05) is 7.11 Å². The van der Waals surface area contributed by atoms with E-state index in [-0.39, 0.29) is 17.9 Å². The number of amides is 1. The van der Waals surface area contributed by atoms with Crippen LogP contribution in [0.2, 0.25) is 0 Å². The molecule has 2 heterocycles. The fraction of sp³-hybridized carbons (Fsp3) is 0.333. The Morgan fingerprint density at radius 2 is 1.79 bits per heavy atom. The lowest BCUT2D eigenvalue weighted by atomic mass is 9.87. The third-order valence-electron chi connectivity index (χ3n) is 5.89. The number of nitrogens with zero attached hydrogens (tertiary/aromatic N) is 1. The van der Waals surface area contributed by atoms with Crippen LogP contribution < -0.4 is 0 Å². The highest BCUT2D eigenvalue weighted by atomic mass is 16.5. The number of benzene rings is 2. The van der Waals surface area contributed by atoms with E-state index < -0.39 is 6.04 Å². The summed E-state index contributed by atoms with van der Waals surface area (Å²) in [5, 5.41) is 1.09. The second-order valence-electron chi connectivity index (χ2n) is 7.96. The number of aromatic nitrogens is 1. The van der Waals surface area contributed by atoms with Crippen molar-refractivity contribution < 1.29 is 14.3 Å². The fourth-order valence-electron chi connectivity index (χ4n) is 4.41. The van der Waals surface area contributed by atoms with Crippen molar-refractivity contribution in [3.05, 3.63) is 70.9 Å². The Hall–Kier alpha value is -3.08. The molecule has 29 heavy (non-hydrogen) atoms. The van der Waals surface area contributed by atoms with Crippen LogP contribution in [0.3, 0.4) is 0 Å². The highest BCUT2D eigenvalue weighted by Crippen LogP contribution is 2.41. The zero-order chi connectivity index (χ0) is 20.7. The summed E-state index contributed by atoms with van der Waals surface area (Å²) in [6.07, 6.45) is 0.437. The molecule has 1 aliphatic rings. The molecule has 5 heteroatoms. The number of H-pyrrole nitrogens is 1. The quantitative estimate of drug-likeness (QED) is 0.677. The van der Waals surface area contributed by atoms with Crippen molar-refractivity contribution in [1.29, 1.82) is 0 Å². The Morgan fingerprint density at radius 1 is 1.10 bits per heavy atom. The van der Waals surface area contributed by atoms with Crippen LogP contribution in [-0.2, 0) is 20.7 Å². The molecule has 0 spiro atoms. The van der Waals surface area contributed by atoms with Crippen molar-refractivity contribution in [1.82, 2.24) is 9.88 Å². The Morgan fingerprint density at radius 3 is 2.41 bits per heavy atom.